The Morgan fingerprint density at radius 1 is 1.16 bits per heavy atom. The molecule has 0 saturated carbocycles. The van der Waals surface area contributed by atoms with Crippen molar-refractivity contribution in [1.82, 2.24) is 0 Å². The molecule has 2 rings (SSSR count). The van der Waals surface area contributed by atoms with E-state index in [2.05, 4.69) is 15.9 Å². The van der Waals surface area contributed by atoms with Gasteiger partial charge in [-0.1, -0.05) is 0 Å². The van der Waals surface area contributed by atoms with E-state index < -0.39 is 33.2 Å². The van der Waals surface area contributed by atoms with Crippen LogP contribution in [0.3, 0.4) is 0 Å². The second kappa shape index (κ2) is 5.14. The quantitative estimate of drug-likeness (QED) is 0.835. The van der Waals surface area contributed by atoms with Gasteiger partial charge in [0.15, 0.2) is 21.7 Å². The second-order valence-corrected chi connectivity index (χ2v) is 7.06. The predicted molar refractivity (Wildman–Crippen MR) is 69.1 cm³/mol. The molecule has 0 spiro atoms. The molecule has 1 aromatic carbocycles. The number of anilines is 1. The third kappa shape index (κ3) is 2.93. The standard InChI is InChI=1S/C10H5BrF3NO2S2/c11-6-1-2-18-10(6)19(16,17)15-5-3-7(12)9(14)8(13)4-5/h1-4,15H. The number of hydrogen-bond donors (Lipinski definition) is 1. The summed E-state index contributed by atoms with van der Waals surface area (Å²) in [5.41, 5.74) is -0.392. The van der Waals surface area contributed by atoms with Gasteiger partial charge in [0.05, 0.1) is 5.69 Å². The van der Waals surface area contributed by atoms with Crippen molar-refractivity contribution < 1.29 is 21.6 Å². The fourth-order valence-corrected chi connectivity index (χ4v) is 4.67. The summed E-state index contributed by atoms with van der Waals surface area (Å²) in [6.45, 7) is 0. The lowest BCUT2D eigenvalue weighted by atomic mass is 10.3. The molecule has 19 heavy (non-hydrogen) atoms. The first kappa shape index (κ1) is 14.4. The fourth-order valence-electron chi connectivity index (χ4n) is 1.29. The van der Waals surface area contributed by atoms with Crippen LogP contribution in [-0.2, 0) is 10.0 Å². The van der Waals surface area contributed by atoms with E-state index in [4.69, 9.17) is 0 Å². The minimum absolute atomic E-state index is 0.0439. The van der Waals surface area contributed by atoms with Crippen molar-refractivity contribution in [2.75, 3.05) is 4.72 Å². The first-order valence-electron chi connectivity index (χ1n) is 4.71. The Morgan fingerprint density at radius 3 is 2.21 bits per heavy atom. The van der Waals surface area contributed by atoms with E-state index in [1.807, 2.05) is 4.72 Å². The van der Waals surface area contributed by atoms with Crippen molar-refractivity contribution >= 4 is 43.0 Å². The maximum absolute atomic E-state index is 13.0. The summed E-state index contributed by atoms with van der Waals surface area (Å²) >= 11 is 3.97. The molecule has 1 heterocycles. The molecule has 0 aliphatic heterocycles. The lowest BCUT2D eigenvalue weighted by Gasteiger charge is -2.07. The summed E-state index contributed by atoms with van der Waals surface area (Å²) in [5.74, 6) is -4.59. The molecule has 0 aliphatic rings. The Kier molecular flexibility index (Phi) is 3.88. The van der Waals surface area contributed by atoms with Gasteiger partial charge in [0.2, 0.25) is 0 Å². The lowest BCUT2D eigenvalue weighted by Crippen LogP contribution is -2.12. The average Bonchev–Trinajstić information content (AvgIpc) is 2.72. The van der Waals surface area contributed by atoms with E-state index in [9.17, 15) is 21.6 Å². The molecule has 9 heteroatoms. The Balaban J connectivity index is 2.39. The number of sulfonamides is 1. The summed E-state index contributed by atoms with van der Waals surface area (Å²) in [6, 6.07) is 2.65. The van der Waals surface area contributed by atoms with Gasteiger partial charge < -0.3 is 0 Å². The Labute approximate surface area is 119 Å². The van der Waals surface area contributed by atoms with Gasteiger partial charge in [-0.3, -0.25) is 4.72 Å². The van der Waals surface area contributed by atoms with E-state index in [0.717, 1.165) is 11.3 Å². The van der Waals surface area contributed by atoms with Crippen molar-refractivity contribution in [1.29, 1.82) is 0 Å². The van der Waals surface area contributed by atoms with Crippen LogP contribution < -0.4 is 4.72 Å². The second-order valence-electron chi connectivity index (χ2n) is 3.42. The van der Waals surface area contributed by atoms with E-state index >= 15 is 0 Å². The highest BCUT2D eigenvalue weighted by Gasteiger charge is 2.21. The van der Waals surface area contributed by atoms with Crippen LogP contribution in [0.4, 0.5) is 18.9 Å². The Bertz CT molecular complexity index is 707. The molecule has 102 valence electrons. The number of halogens is 4. The number of benzene rings is 1. The van der Waals surface area contributed by atoms with Gasteiger partial charge in [-0.25, -0.2) is 21.6 Å². The largest absolute Gasteiger partial charge is 0.279 e. The first-order valence-corrected chi connectivity index (χ1v) is 7.87. The van der Waals surface area contributed by atoms with E-state index in [0.29, 0.717) is 16.6 Å². The zero-order valence-electron chi connectivity index (χ0n) is 8.95. The van der Waals surface area contributed by atoms with Crippen molar-refractivity contribution in [3.05, 3.63) is 45.5 Å². The summed E-state index contributed by atoms with van der Waals surface area (Å²) in [5, 5.41) is 1.53. The van der Waals surface area contributed by atoms with Gasteiger partial charge in [-0.15, -0.1) is 11.3 Å². The van der Waals surface area contributed by atoms with E-state index in [-0.39, 0.29) is 4.21 Å². The normalized spacial score (nSPS) is 11.6. The van der Waals surface area contributed by atoms with Gasteiger partial charge in [-0.05, 0) is 27.4 Å². The van der Waals surface area contributed by atoms with E-state index in [1.165, 1.54) is 11.4 Å². The molecule has 0 bridgehead atoms. The number of rotatable bonds is 3. The average molecular weight is 372 g/mol. The molecule has 0 fully saturated rings. The molecule has 1 aromatic heterocycles. The van der Waals surface area contributed by atoms with Gasteiger partial charge in [0, 0.05) is 16.6 Å². The topological polar surface area (TPSA) is 46.2 Å². The third-order valence-corrected chi connectivity index (χ3v) is 6.12. The molecule has 2 aromatic rings. The van der Waals surface area contributed by atoms with Crippen LogP contribution in [-0.4, -0.2) is 8.42 Å². The number of nitrogens with one attached hydrogen (secondary N) is 1. The highest BCUT2D eigenvalue weighted by atomic mass is 79.9. The zero-order chi connectivity index (χ0) is 14.2. The molecular weight excluding hydrogens is 367 g/mol. The van der Waals surface area contributed by atoms with Gasteiger partial charge in [0.1, 0.15) is 0 Å². The van der Waals surface area contributed by atoms with Crippen molar-refractivity contribution in [2.24, 2.45) is 0 Å². The van der Waals surface area contributed by atoms with E-state index in [1.54, 1.807) is 0 Å². The van der Waals surface area contributed by atoms with Crippen LogP contribution >= 0.6 is 27.3 Å². The predicted octanol–water partition coefficient (Wildman–Crippen LogP) is 3.73. The monoisotopic (exact) mass is 371 g/mol. The minimum Gasteiger partial charge on any atom is -0.279 e. The minimum atomic E-state index is -3.98. The maximum atomic E-state index is 13.0. The Hall–Kier alpha value is -1.06. The number of hydrogen-bond acceptors (Lipinski definition) is 3. The van der Waals surface area contributed by atoms with Gasteiger partial charge in [0.25, 0.3) is 10.0 Å². The molecule has 0 aliphatic carbocycles. The molecule has 0 radical (unpaired) electrons. The smallest absolute Gasteiger partial charge is 0.272 e. The van der Waals surface area contributed by atoms with Crippen LogP contribution in [0.25, 0.3) is 0 Å². The first-order chi connectivity index (χ1) is 8.81. The third-order valence-electron chi connectivity index (χ3n) is 2.06. The summed E-state index contributed by atoms with van der Waals surface area (Å²) in [6.07, 6.45) is 0. The zero-order valence-corrected chi connectivity index (χ0v) is 12.2. The van der Waals surface area contributed by atoms with Crippen molar-refractivity contribution in [3.8, 4) is 0 Å². The molecule has 0 amide bonds. The molecule has 0 saturated heterocycles. The SMILES string of the molecule is O=S(=O)(Nc1cc(F)c(F)c(F)c1)c1sccc1Br. The van der Waals surface area contributed by atoms with Crippen LogP contribution in [0.2, 0.25) is 0 Å². The summed E-state index contributed by atoms with van der Waals surface area (Å²) < 4.78 is 64.8. The van der Waals surface area contributed by atoms with Crippen LogP contribution in [0, 0.1) is 17.5 Å². The summed E-state index contributed by atoms with van der Waals surface area (Å²) in [4.78, 5) is 0. The van der Waals surface area contributed by atoms with Crippen LogP contribution in [0.15, 0.2) is 32.3 Å². The lowest BCUT2D eigenvalue weighted by molar-refractivity contribution is 0.448. The highest BCUT2D eigenvalue weighted by Crippen LogP contribution is 2.29. The molecule has 0 unspecified atom stereocenters. The van der Waals surface area contributed by atoms with Gasteiger partial charge in [-0.2, -0.15) is 0 Å². The molecule has 0 atom stereocenters. The Morgan fingerprint density at radius 2 is 1.74 bits per heavy atom. The fraction of sp³-hybridized carbons (Fsp3) is 0. The molecule has 3 nitrogen and oxygen atoms in total. The maximum Gasteiger partial charge on any atom is 0.272 e. The molecule has 1 N–H and O–H groups in total. The van der Waals surface area contributed by atoms with Crippen LogP contribution in [0.1, 0.15) is 0 Å². The van der Waals surface area contributed by atoms with Gasteiger partial charge >= 0.3 is 0 Å². The molecular formula is C10H5BrF3NO2S2. The van der Waals surface area contributed by atoms with Crippen LogP contribution in [0.5, 0.6) is 0 Å². The van der Waals surface area contributed by atoms with Crippen molar-refractivity contribution in [2.45, 2.75) is 4.21 Å². The highest BCUT2D eigenvalue weighted by molar-refractivity contribution is 9.10. The van der Waals surface area contributed by atoms with Crippen molar-refractivity contribution in [3.63, 3.8) is 0 Å². The number of thiophene rings is 1. The summed E-state index contributed by atoms with van der Waals surface area (Å²) in [7, 11) is -3.98.